The first-order valence-corrected chi connectivity index (χ1v) is 8.77. The molecule has 0 saturated carbocycles. The average Bonchev–Trinajstić information content (AvgIpc) is 2.44. The van der Waals surface area contributed by atoms with Crippen LogP contribution in [0.2, 0.25) is 0 Å². The van der Waals surface area contributed by atoms with E-state index < -0.39 is 15.8 Å². The third-order valence-electron chi connectivity index (χ3n) is 3.54. The summed E-state index contributed by atoms with van der Waals surface area (Å²) in [6.45, 7) is 0.755. The summed E-state index contributed by atoms with van der Waals surface area (Å²) in [7, 11) is -3.29. The van der Waals surface area contributed by atoms with Crippen LogP contribution in [0.15, 0.2) is 24.3 Å². The zero-order valence-corrected chi connectivity index (χ0v) is 12.7. The number of carbonyl (C=O) groups is 1. The van der Waals surface area contributed by atoms with Crippen LogP contribution in [-0.4, -0.2) is 44.6 Å². The largest absolute Gasteiger partial charge is 0.334 e. The number of halogens is 1. The van der Waals surface area contributed by atoms with E-state index in [0.29, 0.717) is 12.1 Å². The summed E-state index contributed by atoms with van der Waals surface area (Å²) in [5.74, 6) is -0.710. The Kier molecular flexibility index (Phi) is 4.95. The number of rotatable bonds is 4. The highest BCUT2D eigenvalue weighted by Crippen LogP contribution is 2.19. The molecule has 1 saturated heterocycles. The lowest BCUT2D eigenvalue weighted by Crippen LogP contribution is -2.49. The van der Waals surface area contributed by atoms with Gasteiger partial charge in [-0.05, 0) is 37.5 Å². The van der Waals surface area contributed by atoms with Gasteiger partial charge in [0.25, 0.3) is 5.91 Å². The summed E-state index contributed by atoms with van der Waals surface area (Å²) in [5.41, 5.74) is 0.293. The SMILES string of the molecule is CS(=O)(=O)NC[C@H]1CCCCN1C(=O)c1cccc(F)c1. The van der Waals surface area contributed by atoms with Crippen molar-refractivity contribution in [3.05, 3.63) is 35.6 Å². The number of hydrogen-bond acceptors (Lipinski definition) is 3. The van der Waals surface area contributed by atoms with E-state index >= 15 is 0 Å². The standard InChI is InChI=1S/C14H19FN2O3S/c1-21(19,20)16-10-13-7-2-3-8-17(13)14(18)11-5-4-6-12(15)9-11/h4-6,9,13,16H,2-3,7-8,10H2,1H3/t13-/m1/s1. The summed E-state index contributed by atoms with van der Waals surface area (Å²) in [5, 5.41) is 0. The van der Waals surface area contributed by atoms with E-state index in [0.717, 1.165) is 25.5 Å². The molecule has 2 rings (SSSR count). The molecule has 116 valence electrons. The van der Waals surface area contributed by atoms with Gasteiger partial charge in [0, 0.05) is 24.7 Å². The van der Waals surface area contributed by atoms with Gasteiger partial charge >= 0.3 is 0 Å². The van der Waals surface area contributed by atoms with Crippen molar-refractivity contribution in [3.63, 3.8) is 0 Å². The number of sulfonamides is 1. The normalized spacial score (nSPS) is 19.5. The van der Waals surface area contributed by atoms with E-state index in [1.165, 1.54) is 18.2 Å². The van der Waals surface area contributed by atoms with Gasteiger partial charge in [-0.15, -0.1) is 0 Å². The molecule has 0 radical (unpaired) electrons. The molecule has 0 aliphatic carbocycles. The fourth-order valence-electron chi connectivity index (χ4n) is 2.52. The van der Waals surface area contributed by atoms with E-state index in [1.807, 2.05) is 0 Å². The molecule has 1 aromatic carbocycles. The zero-order chi connectivity index (χ0) is 15.5. The second-order valence-corrected chi connectivity index (χ2v) is 7.11. The molecule has 1 fully saturated rings. The highest BCUT2D eigenvalue weighted by Gasteiger charge is 2.28. The Bertz CT molecular complexity index is 618. The minimum Gasteiger partial charge on any atom is -0.334 e. The number of nitrogens with one attached hydrogen (secondary N) is 1. The van der Waals surface area contributed by atoms with Crippen LogP contribution in [0.4, 0.5) is 4.39 Å². The molecule has 0 aromatic heterocycles. The van der Waals surface area contributed by atoms with E-state index in [9.17, 15) is 17.6 Å². The maximum absolute atomic E-state index is 13.2. The van der Waals surface area contributed by atoms with E-state index in [2.05, 4.69) is 4.72 Å². The fourth-order valence-corrected chi connectivity index (χ4v) is 3.01. The van der Waals surface area contributed by atoms with Gasteiger partial charge in [-0.3, -0.25) is 4.79 Å². The number of hydrogen-bond donors (Lipinski definition) is 1. The smallest absolute Gasteiger partial charge is 0.254 e. The minimum absolute atomic E-state index is 0.191. The first kappa shape index (κ1) is 15.9. The second-order valence-electron chi connectivity index (χ2n) is 5.28. The first-order chi connectivity index (χ1) is 9.87. The van der Waals surface area contributed by atoms with Crippen molar-refractivity contribution in [2.75, 3.05) is 19.3 Å². The summed E-state index contributed by atoms with van der Waals surface area (Å²) in [6, 6.07) is 5.37. The van der Waals surface area contributed by atoms with Gasteiger partial charge in [-0.1, -0.05) is 6.07 Å². The predicted octanol–water partition coefficient (Wildman–Crippen LogP) is 1.37. The van der Waals surface area contributed by atoms with Crippen molar-refractivity contribution in [2.45, 2.75) is 25.3 Å². The topological polar surface area (TPSA) is 66.5 Å². The van der Waals surface area contributed by atoms with Gasteiger partial charge in [0.15, 0.2) is 0 Å². The van der Waals surface area contributed by atoms with Crippen LogP contribution in [0.1, 0.15) is 29.6 Å². The van der Waals surface area contributed by atoms with Crippen LogP contribution in [0, 0.1) is 5.82 Å². The molecule has 1 atom stereocenters. The Hall–Kier alpha value is -1.47. The molecule has 1 amide bonds. The lowest BCUT2D eigenvalue weighted by atomic mass is 10.0. The fraction of sp³-hybridized carbons (Fsp3) is 0.500. The molecule has 1 aliphatic rings. The van der Waals surface area contributed by atoms with Gasteiger partial charge in [0.05, 0.1) is 6.26 Å². The Balaban J connectivity index is 2.12. The molecule has 1 N–H and O–H groups in total. The first-order valence-electron chi connectivity index (χ1n) is 6.88. The summed E-state index contributed by atoms with van der Waals surface area (Å²) < 4.78 is 38.1. The minimum atomic E-state index is -3.29. The molecule has 1 aliphatic heterocycles. The highest BCUT2D eigenvalue weighted by atomic mass is 32.2. The third-order valence-corrected chi connectivity index (χ3v) is 4.23. The molecule has 1 aromatic rings. The molecule has 0 unspecified atom stereocenters. The van der Waals surface area contributed by atoms with Crippen LogP contribution in [0.25, 0.3) is 0 Å². The average molecular weight is 314 g/mol. The molecular formula is C14H19FN2O3S. The number of likely N-dealkylation sites (tertiary alicyclic amines) is 1. The second kappa shape index (κ2) is 6.53. The molecule has 5 nitrogen and oxygen atoms in total. The third kappa shape index (κ3) is 4.50. The van der Waals surface area contributed by atoms with Crippen molar-refractivity contribution in [1.82, 2.24) is 9.62 Å². The van der Waals surface area contributed by atoms with Gasteiger partial charge in [0.1, 0.15) is 5.82 Å². The van der Waals surface area contributed by atoms with Crippen molar-refractivity contribution in [2.24, 2.45) is 0 Å². The zero-order valence-electron chi connectivity index (χ0n) is 11.9. The van der Waals surface area contributed by atoms with E-state index in [1.54, 1.807) is 11.0 Å². The molecule has 0 bridgehead atoms. The summed E-state index contributed by atoms with van der Waals surface area (Å²) >= 11 is 0. The van der Waals surface area contributed by atoms with Crippen molar-refractivity contribution in [3.8, 4) is 0 Å². The lowest BCUT2D eigenvalue weighted by Gasteiger charge is -2.35. The number of benzene rings is 1. The Morgan fingerprint density at radius 3 is 2.86 bits per heavy atom. The van der Waals surface area contributed by atoms with Crippen molar-refractivity contribution < 1.29 is 17.6 Å². The van der Waals surface area contributed by atoms with Crippen LogP contribution in [-0.2, 0) is 10.0 Å². The molecule has 21 heavy (non-hydrogen) atoms. The lowest BCUT2D eigenvalue weighted by molar-refractivity contribution is 0.0618. The van der Waals surface area contributed by atoms with Crippen LogP contribution < -0.4 is 4.72 Å². The summed E-state index contributed by atoms with van der Waals surface area (Å²) in [4.78, 5) is 14.1. The molecular weight excluding hydrogens is 295 g/mol. The highest BCUT2D eigenvalue weighted by molar-refractivity contribution is 7.88. The molecule has 7 heteroatoms. The molecule has 0 spiro atoms. The molecule has 1 heterocycles. The number of nitrogens with zero attached hydrogens (tertiary/aromatic N) is 1. The predicted molar refractivity (Wildman–Crippen MR) is 77.9 cm³/mol. The van der Waals surface area contributed by atoms with E-state index in [-0.39, 0.29) is 18.5 Å². The maximum atomic E-state index is 13.2. The van der Waals surface area contributed by atoms with Crippen LogP contribution in [0.3, 0.4) is 0 Å². The van der Waals surface area contributed by atoms with Gasteiger partial charge < -0.3 is 4.90 Å². The monoisotopic (exact) mass is 314 g/mol. The van der Waals surface area contributed by atoms with Crippen molar-refractivity contribution in [1.29, 1.82) is 0 Å². The van der Waals surface area contributed by atoms with Crippen LogP contribution in [0.5, 0.6) is 0 Å². The number of amides is 1. The van der Waals surface area contributed by atoms with Crippen LogP contribution >= 0.6 is 0 Å². The Labute approximate surface area is 124 Å². The van der Waals surface area contributed by atoms with Crippen molar-refractivity contribution >= 4 is 15.9 Å². The van der Waals surface area contributed by atoms with Gasteiger partial charge in [0.2, 0.25) is 10.0 Å². The van der Waals surface area contributed by atoms with E-state index in [4.69, 9.17) is 0 Å². The quantitative estimate of drug-likeness (QED) is 0.913. The Morgan fingerprint density at radius 1 is 1.43 bits per heavy atom. The Morgan fingerprint density at radius 2 is 2.19 bits per heavy atom. The van der Waals surface area contributed by atoms with Gasteiger partial charge in [-0.25, -0.2) is 17.5 Å². The number of carbonyl (C=O) groups excluding carboxylic acids is 1. The number of piperidine rings is 1. The van der Waals surface area contributed by atoms with Gasteiger partial charge in [-0.2, -0.15) is 0 Å². The summed E-state index contributed by atoms with van der Waals surface area (Å²) in [6.07, 6.45) is 3.65. The maximum Gasteiger partial charge on any atom is 0.254 e.